The van der Waals surface area contributed by atoms with Crippen molar-refractivity contribution in [2.45, 2.75) is 25.3 Å². The molecule has 6 heteroatoms. The van der Waals surface area contributed by atoms with E-state index < -0.39 is 23.8 Å². The van der Waals surface area contributed by atoms with Crippen LogP contribution in [0.1, 0.15) is 11.1 Å². The number of nitrogens with one attached hydrogen (secondary N) is 2. The number of carbonyl (C=O) groups excluding carboxylic acids is 2. The number of benzene rings is 2. The molecule has 1 aliphatic rings. The Hall–Kier alpha value is -3.22. The van der Waals surface area contributed by atoms with Crippen LogP contribution >= 0.6 is 0 Å². The predicted octanol–water partition coefficient (Wildman–Crippen LogP) is 3.01. The fourth-order valence-electron chi connectivity index (χ4n) is 3.93. The van der Waals surface area contributed by atoms with Crippen molar-refractivity contribution in [2.24, 2.45) is 11.8 Å². The summed E-state index contributed by atoms with van der Waals surface area (Å²) in [5, 5.41) is 6.58. The van der Waals surface area contributed by atoms with E-state index in [0.29, 0.717) is 13.1 Å². The van der Waals surface area contributed by atoms with E-state index in [9.17, 15) is 9.59 Å². The van der Waals surface area contributed by atoms with E-state index >= 15 is 0 Å². The molecule has 0 saturated heterocycles. The highest BCUT2D eigenvalue weighted by molar-refractivity contribution is 5.86. The lowest BCUT2D eigenvalue weighted by atomic mass is 9.64. The quantitative estimate of drug-likeness (QED) is 0.395. The molecule has 1 saturated carbocycles. The fourth-order valence-corrected chi connectivity index (χ4v) is 3.93. The summed E-state index contributed by atoms with van der Waals surface area (Å²) in [7, 11) is 0. The largest absolute Gasteiger partial charge is 0.461 e. The number of carbonyl (C=O) groups is 2. The van der Waals surface area contributed by atoms with E-state index in [1.165, 1.54) is 0 Å². The van der Waals surface area contributed by atoms with Gasteiger partial charge < -0.3 is 20.1 Å². The summed E-state index contributed by atoms with van der Waals surface area (Å²) in [5.74, 6) is -2.17. The Bertz CT molecular complexity index is 825. The SMILES string of the molecule is C=CCN[C@@H]1[C@@H](NCC=C)[C@@H](C(=O)OCc2ccccc2)[C@@H]1C(=O)OCc1ccccc1. The number of hydrogen-bond acceptors (Lipinski definition) is 6. The lowest BCUT2D eigenvalue weighted by Gasteiger charge is -2.49. The van der Waals surface area contributed by atoms with E-state index in [1.807, 2.05) is 60.7 Å². The lowest BCUT2D eigenvalue weighted by molar-refractivity contribution is -0.175. The van der Waals surface area contributed by atoms with Crippen LogP contribution in [0.5, 0.6) is 0 Å². The van der Waals surface area contributed by atoms with Gasteiger partial charge in [-0.2, -0.15) is 0 Å². The molecule has 4 atom stereocenters. The smallest absolute Gasteiger partial charge is 0.311 e. The average molecular weight is 435 g/mol. The summed E-state index contributed by atoms with van der Waals surface area (Å²) < 4.78 is 11.2. The maximum absolute atomic E-state index is 13.0. The first-order chi connectivity index (χ1) is 15.7. The maximum Gasteiger partial charge on any atom is 0.311 e. The fraction of sp³-hybridized carbons (Fsp3) is 0.308. The minimum absolute atomic E-state index is 0.154. The molecule has 0 amide bonds. The van der Waals surface area contributed by atoms with Gasteiger partial charge in [-0.05, 0) is 11.1 Å². The van der Waals surface area contributed by atoms with Gasteiger partial charge in [-0.1, -0.05) is 72.8 Å². The van der Waals surface area contributed by atoms with Gasteiger partial charge in [-0.15, -0.1) is 13.2 Å². The van der Waals surface area contributed by atoms with E-state index in [1.54, 1.807) is 12.2 Å². The standard InChI is InChI=1S/C26H30N2O4/c1-3-15-27-23-21(25(29)31-17-19-11-7-5-8-12-19)22(24(23)28-16-4-2)26(30)32-18-20-13-9-6-10-14-20/h3-14,21-24,27-28H,1-2,15-18H2/t21-,22-,23-,24-/m0/s1. The minimum Gasteiger partial charge on any atom is -0.461 e. The van der Waals surface area contributed by atoms with Gasteiger partial charge in [-0.25, -0.2) is 0 Å². The molecule has 0 bridgehead atoms. The molecule has 168 valence electrons. The third-order valence-electron chi connectivity index (χ3n) is 5.54. The van der Waals surface area contributed by atoms with Crippen molar-refractivity contribution in [3.05, 3.63) is 97.1 Å². The van der Waals surface area contributed by atoms with Crippen molar-refractivity contribution in [2.75, 3.05) is 13.1 Å². The molecule has 0 aliphatic heterocycles. The van der Waals surface area contributed by atoms with Gasteiger partial charge in [0.05, 0.1) is 11.8 Å². The molecule has 0 aromatic heterocycles. The minimum atomic E-state index is -0.663. The second-order valence-electron chi connectivity index (χ2n) is 7.68. The molecule has 0 heterocycles. The Morgan fingerprint density at radius 1 is 0.719 bits per heavy atom. The molecule has 2 aromatic rings. The number of hydrogen-bond donors (Lipinski definition) is 2. The monoisotopic (exact) mass is 434 g/mol. The Morgan fingerprint density at radius 2 is 1.09 bits per heavy atom. The van der Waals surface area contributed by atoms with Crippen molar-refractivity contribution in [1.82, 2.24) is 10.6 Å². The number of rotatable bonds is 12. The molecule has 1 aliphatic carbocycles. The van der Waals surface area contributed by atoms with Crippen LogP contribution in [-0.4, -0.2) is 37.1 Å². The summed E-state index contributed by atoms with van der Waals surface area (Å²) in [5.41, 5.74) is 1.78. The predicted molar refractivity (Wildman–Crippen MR) is 123 cm³/mol. The van der Waals surface area contributed by atoms with E-state index in [0.717, 1.165) is 11.1 Å². The Labute approximate surface area is 189 Å². The van der Waals surface area contributed by atoms with Gasteiger partial charge >= 0.3 is 11.9 Å². The van der Waals surface area contributed by atoms with E-state index in [2.05, 4.69) is 23.8 Å². The normalized spacial score (nSPS) is 21.8. The van der Waals surface area contributed by atoms with E-state index in [-0.39, 0.29) is 25.3 Å². The van der Waals surface area contributed by atoms with Crippen LogP contribution in [0.15, 0.2) is 86.0 Å². The van der Waals surface area contributed by atoms with Crippen LogP contribution in [0.25, 0.3) is 0 Å². The van der Waals surface area contributed by atoms with Crippen molar-refractivity contribution in [3.63, 3.8) is 0 Å². The van der Waals surface area contributed by atoms with Crippen LogP contribution in [0.2, 0.25) is 0 Å². The molecule has 1 fully saturated rings. The van der Waals surface area contributed by atoms with Gasteiger partial charge in [0.1, 0.15) is 13.2 Å². The second kappa shape index (κ2) is 12.0. The van der Waals surface area contributed by atoms with Crippen molar-refractivity contribution >= 4 is 11.9 Å². The van der Waals surface area contributed by atoms with Gasteiger partial charge in [0.2, 0.25) is 0 Å². The van der Waals surface area contributed by atoms with Crippen molar-refractivity contribution in [1.29, 1.82) is 0 Å². The Balaban J connectivity index is 1.72. The summed E-state index contributed by atoms with van der Waals surface area (Å²) in [6, 6.07) is 18.4. The summed E-state index contributed by atoms with van der Waals surface area (Å²) in [6.45, 7) is 8.79. The summed E-state index contributed by atoms with van der Waals surface area (Å²) in [6.07, 6.45) is 3.44. The van der Waals surface area contributed by atoms with Crippen LogP contribution in [0.4, 0.5) is 0 Å². The van der Waals surface area contributed by atoms with Gasteiger partial charge in [0.25, 0.3) is 0 Å². The second-order valence-corrected chi connectivity index (χ2v) is 7.68. The number of esters is 2. The Kier molecular flexibility index (Phi) is 8.78. The molecule has 0 radical (unpaired) electrons. The van der Waals surface area contributed by atoms with Crippen LogP contribution in [0.3, 0.4) is 0 Å². The first kappa shape index (κ1) is 23.4. The van der Waals surface area contributed by atoms with Gasteiger partial charge in [-0.3, -0.25) is 9.59 Å². The van der Waals surface area contributed by atoms with Gasteiger partial charge in [0, 0.05) is 25.2 Å². The highest BCUT2D eigenvalue weighted by atomic mass is 16.5. The topological polar surface area (TPSA) is 76.7 Å². The zero-order valence-electron chi connectivity index (χ0n) is 18.1. The van der Waals surface area contributed by atoms with Crippen LogP contribution in [-0.2, 0) is 32.3 Å². The molecule has 0 unspecified atom stereocenters. The number of ether oxygens (including phenoxy) is 2. The highest BCUT2D eigenvalue weighted by Crippen LogP contribution is 2.38. The van der Waals surface area contributed by atoms with Crippen molar-refractivity contribution in [3.8, 4) is 0 Å². The summed E-state index contributed by atoms with van der Waals surface area (Å²) in [4.78, 5) is 26.1. The van der Waals surface area contributed by atoms with Crippen LogP contribution < -0.4 is 10.6 Å². The zero-order chi connectivity index (χ0) is 22.8. The van der Waals surface area contributed by atoms with Crippen LogP contribution in [0, 0.1) is 11.8 Å². The first-order valence-electron chi connectivity index (χ1n) is 10.8. The zero-order valence-corrected chi connectivity index (χ0v) is 18.1. The summed E-state index contributed by atoms with van der Waals surface area (Å²) >= 11 is 0. The lowest BCUT2D eigenvalue weighted by Crippen LogP contribution is -2.72. The van der Waals surface area contributed by atoms with E-state index in [4.69, 9.17) is 9.47 Å². The Morgan fingerprint density at radius 3 is 1.44 bits per heavy atom. The van der Waals surface area contributed by atoms with Crippen molar-refractivity contribution < 1.29 is 19.1 Å². The molecular weight excluding hydrogens is 404 g/mol. The molecule has 0 spiro atoms. The average Bonchev–Trinajstić information content (AvgIpc) is 2.82. The van der Waals surface area contributed by atoms with Gasteiger partial charge in [0.15, 0.2) is 0 Å². The third-order valence-corrected chi connectivity index (χ3v) is 5.54. The third kappa shape index (κ3) is 5.93. The molecule has 6 nitrogen and oxygen atoms in total. The molecule has 3 rings (SSSR count). The molecular formula is C26H30N2O4. The highest BCUT2D eigenvalue weighted by Gasteiger charge is 2.58. The molecule has 2 N–H and O–H groups in total. The molecule has 32 heavy (non-hydrogen) atoms. The molecule has 2 aromatic carbocycles. The maximum atomic E-state index is 13.0. The first-order valence-corrected chi connectivity index (χ1v) is 10.8.